The quantitative estimate of drug-likeness (QED) is 0.777. The summed E-state index contributed by atoms with van der Waals surface area (Å²) in [6.07, 6.45) is 4.46. The van der Waals surface area contributed by atoms with E-state index in [9.17, 15) is 5.11 Å². The van der Waals surface area contributed by atoms with E-state index in [0.717, 1.165) is 55.1 Å². The average Bonchev–Trinajstić information content (AvgIpc) is 2.43. The smallest absolute Gasteiger partial charge is 0.134 e. The fraction of sp³-hybridized carbons (Fsp3) is 0.714. The van der Waals surface area contributed by atoms with Gasteiger partial charge >= 0.3 is 0 Å². The molecule has 1 aliphatic rings. The summed E-state index contributed by atoms with van der Waals surface area (Å²) in [7, 11) is 1.88. The summed E-state index contributed by atoms with van der Waals surface area (Å²) in [5.74, 6) is 2.68. The predicted molar refractivity (Wildman–Crippen MR) is 77.6 cm³/mol. The van der Waals surface area contributed by atoms with Crippen molar-refractivity contribution in [1.29, 1.82) is 0 Å². The van der Waals surface area contributed by atoms with Gasteiger partial charge in [0.2, 0.25) is 0 Å². The molecule has 5 nitrogen and oxygen atoms in total. The third-order valence-electron chi connectivity index (χ3n) is 3.78. The van der Waals surface area contributed by atoms with Gasteiger partial charge in [-0.25, -0.2) is 9.97 Å². The number of anilines is 2. The highest BCUT2D eigenvalue weighted by Gasteiger charge is 2.20. The first-order chi connectivity index (χ1) is 9.13. The van der Waals surface area contributed by atoms with E-state index in [1.54, 1.807) is 0 Å². The third-order valence-corrected chi connectivity index (χ3v) is 3.78. The number of nitrogens with zero attached hydrogens (tertiary/aromatic N) is 2. The van der Waals surface area contributed by atoms with Gasteiger partial charge in [-0.15, -0.1) is 0 Å². The lowest BCUT2D eigenvalue weighted by molar-refractivity contribution is 0.126. The first-order valence-electron chi connectivity index (χ1n) is 7.13. The molecule has 0 radical (unpaired) electrons. The van der Waals surface area contributed by atoms with Crippen molar-refractivity contribution >= 4 is 11.6 Å². The van der Waals surface area contributed by atoms with Crippen LogP contribution in [0, 0.1) is 6.92 Å². The van der Waals surface area contributed by atoms with Gasteiger partial charge in [-0.2, -0.15) is 0 Å². The number of hydrogen-bond donors (Lipinski definition) is 3. The second-order valence-corrected chi connectivity index (χ2v) is 5.22. The molecule has 0 bridgehead atoms. The van der Waals surface area contributed by atoms with Crippen LogP contribution in [0.5, 0.6) is 0 Å². The van der Waals surface area contributed by atoms with E-state index in [-0.39, 0.29) is 6.10 Å². The normalized spacial score (nSPS) is 23.2. The summed E-state index contributed by atoms with van der Waals surface area (Å²) in [6.45, 7) is 4.09. The monoisotopic (exact) mass is 264 g/mol. The van der Waals surface area contributed by atoms with Crippen molar-refractivity contribution in [3.8, 4) is 0 Å². The van der Waals surface area contributed by atoms with E-state index in [1.807, 2.05) is 14.0 Å². The van der Waals surface area contributed by atoms with E-state index in [1.165, 1.54) is 0 Å². The fourth-order valence-electron chi connectivity index (χ4n) is 2.52. The highest BCUT2D eigenvalue weighted by molar-refractivity contribution is 5.57. The lowest BCUT2D eigenvalue weighted by atomic mass is 9.93. The standard InChI is InChI=1S/C14H24N4O/c1-4-12-17-13(15-3)9(2)14(18-12)16-10-5-7-11(19)8-6-10/h10-11,19H,4-8H2,1-3H3,(H2,15,16,17,18). The van der Waals surface area contributed by atoms with Gasteiger partial charge in [0.05, 0.1) is 6.10 Å². The molecule has 1 heterocycles. The molecule has 0 atom stereocenters. The van der Waals surface area contributed by atoms with Gasteiger partial charge in [-0.05, 0) is 32.6 Å². The van der Waals surface area contributed by atoms with Crippen LogP contribution >= 0.6 is 0 Å². The van der Waals surface area contributed by atoms with E-state index < -0.39 is 0 Å². The van der Waals surface area contributed by atoms with Crippen molar-refractivity contribution in [2.45, 2.75) is 58.1 Å². The lowest BCUT2D eigenvalue weighted by Gasteiger charge is -2.27. The fourth-order valence-corrected chi connectivity index (χ4v) is 2.52. The van der Waals surface area contributed by atoms with Crippen molar-refractivity contribution in [1.82, 2.24) is 9.97 Å². The van der Waals surface area contributed by atoms with Crippen LogP contribution in [0.1, 0.15) is 44.0 Å². The highest BCUT2D eigenvalue weighted by Crippen LogP contribution is 2.25. The van der Waals surface area contributed by atoms with Crippen LogP contribution in [0.4, 0.5) is 11.6 Å². The summed E-state index contributed by atoms with van der Waals surface area (Å²) in [5.41, 5.74) is 1.06. The molecule has 106 valence electrons. The summed E-state index contributed by atoms with van der Waals surface area (Å²) in [4.78, 5) is 9.06. The van der Waals surface area contributed by atoms with Gasteiger partial charge in [-0.1, -0.05) is 6.92 Å². The van der Waals surface area contributed by atoms with Crippen LogP contribution in [0.15, 0.2) is 0 Å². The minimum Gasteiger partial charge on any atom is -0.393 e. The minimum absolute atomic E-state index is 0.122. The molecular weight excluding hydrogens is 240 g/mol. The summed E-state index contributed by atoms with van der Waals surface area (Å²) >= 11 is 0. The number of aliphatic hydroxyl groups excluding tert-OH is 1. The maximum Gasteiger partial charge on any atom is 0.134 e. The number of aromatic nitrogens is 2. The Morgan fingerprint density at radius 1 is 1.16 bits per heavy atom. The second kappa shape index (κ2) is 6.19. The van der Waals surface area contributed by atoms with Gasteiger partial charge in [0.1, 0.15) is 17.5 Å². The van der Waals surface area contributed by atoms with Gasteiger partial charge in [-0.3, -0.25) is 0 Å². The number of nitrogens with one attached hydrogen (secondary N) is 2. The van der Waals surface area contributed by atoms with Crippen LogP contribution in [0.3, 0.4) is 0 Å². The zero-order valence-corrected chi connectivity index (χ0v) is 12.0. The zero-order valence-electron chi connectivity index (χ0n) is 12.0. The number of hydrogen-bond acceptors (Lipinski definition) is 5. The Morgan fingerprint density at radius 3 is 2.37 bits per heavy atom. The van der Waals surface area contributed by atoms with Crippen LogP contribution in [-0.2, 0) is 6.42 Å². The third kappa shape index (κ3) is 3.35. The van der Waals surface area contributed by atoms with Gasteiger partial charge in [0, 0.05) is 25.1 Å². The summed E-state index contributed by atoms with van der Waals surface area (Å²) < 4.78 is 0. The van der Waals surface area contributed by atoms with Crippen molar-refractivity contribution in [3.05, 3.63) is 11.4 Å². The van der Waals surface area contributed by atoms with Gasteiger partial charge in [0.15, 0.2) is 0 Å². The molecule has 0 aromatic carbocycles. The molecule has 0 spiro atoms. The molecule has 1 aromatic rings. The van der Waals surface area contributed by atoms with Crippen LogP contribution in [-0.4, -0.2) is 34.3 Å². The van der Waals surface area contributed by atoms with Gasteiger partial charge < -0.3 is 15.7 Å². The number of aliphatic hydroxyl groups is 1. The molecule has 0 aliphatic heterocycles. The topological polar surface area (TPSA) is 70.1 Å². The maximum atomic E-state index is 9.55. The van der Waals surface area contributed by atoms with Crippen LogP contribution in [0.25, 0.3) is 0 Å². The van der Waals surface area contributed by atoms with Gasteiger partial charge in [0.25, 0.3) is 0 Å². The lowest BCUT2D eigenvalue weighted by Crippen LogP contribution is -2.29. The molecule has 0 amide bonds. The number of rotatable bonds is 4. The van der Waals surface area contributed by atoms with Crippen molar-refractivity contribution < 1.29 is 5.11 Å². The Kier molecular flexibility index (Phi) is 4.58. The Hall–Kier alpha value is -1.36. The molecule has 1 aliphatic carbocycles. The largest absolute Gasteiger partial charge is 0.393 e. The van der Waals surface area contributed by atoms with Crippen LogP contribution < -0.4 is 10.6 Å². The molecule has 0 saturated heterocycles. The van der Waals surface area contributed by atoms with E-state index in [2.05, 4.69) is 27.5 Å². The Balaban J connectivity index is 2.14. The highest BCUT2D eigenvalue weighted by atomic mass is 16.3. The molecule has 1 saturated carbocycles. The van der Waals surface area contributed by atoms with Crippen LogP contribution in [0.2, 0.25) is 0 Å². The van der Waals surface area contributed by atoms with Crippen molar-refractivity contribution in [2.24, 2.45) is 0 Å². The van der Waals surface area contributed by atoms with E-state index in [0.29, 0.717) is 6.04 Å². The molecule has 3 N–H and O–H groups in total. The first kappa shape index (κ1) is 14.1. The molecular formula is C14H24N4O. The zero-order chi connectivity index (χ0) is 13.8. The summed E-state index contributed by atoms with van der Waals surface area (Å²) in [5, 5.41) is 16.2. The summed E-state index contributed by atoms with van der Waals surface area (Å²) in [6, 6.07) is 0.409. The molecule has 0 unspecified atom stereocenters. The molecule has 2 rings (SSSR count). The maximum absolute atomic E-state index is 9.55. The van der Waals surface area contributed by atoms with Crippen molar-refractivity contribution in [2.75, 3.05) is 17.7 Å². The predicted octanol–water partition coefficient (Wildman–Crippen LogP) is 2.10. The SMILES string of the molecule is CCc1nc(NC)c(C)c(NC2CCC(O)CC2)n1. The van der Waals surface area contributed by atoms with E-state index >= 15 is 0 Å². The number of aryl methyl sites for hydroxylation is 1. The minimum atomic E-state index is -0.122. The molecule has 19 heavy (non-hydrogen) atoms. The molecule has 5 heteroatoms. The van der Waals surface area contributed by atoms with Crippen molar-refractivity contribution in [3.63, 3.8) is 0 Å². The first-order valence-corrected chi connectivity index (χ1v) is 7.13. The Morgan fingerprint density at radius 2 is 1.79 bits per heavy atom. The average molecular weight is 264 g/mol. The Bertz CT molecular complexity index is 428. The van der Waals surface area contributed by atoms with E-state index in [4.69, 9.17) is 0 Å². The molecule has 1 fully saturated rings. The second-order valence-electron chi connectivity index (χ2n) is 5.22. The Labute approximate surface area is 114 Å². The molecule has 1 aromatic heterocycles.